The van der Waals surface area contributed by atoms with Gasteiger partial charge in [-0.25, -0.2) is 8.42 Å². The average molecular weight is 275 g/mol. The normalized spacial score (nSPS) is 12.4. The number of hydrogen-bond donors (Lipinski definition) is 2. The number of sulfonamides is 1. The van der Waals surface area contributed by atoms with Crippen molar-refractivity contribution in [2.24, 2.45) is 5.41 Å². The summed E-state index contributed by atoms with van der Waals surface area (Å²) in [6.07, 6.45) is 2.62. The molecule has 0 aliphatic rings. The molecule has 8 heteroatoms. The maximum Gasteiger partial charge on any atom is 0.325 e. The van der Waals surface area contributed by atoms with Crippen LogP contribution in [0.4, 0.5) is 5.69 Å². The zero-order chi connectivity index (χ0) is 14.0. The average Bonchev–Trinajstić information content (AvgIpc) is 2.44. The highest BCUT2D eigenvalue weighted by Crippen LogP contribution is 2.18. The molecule has 102 valence electrons. The van der Waals surface area contributed by atoms with Gasteiger partial charge in [0, 0.05) is 6.20 Å². The van der Waals surface area contributed by atoms with Gasteiger partial charge in [0.15, 0.2) is 0 Å². The van der Waals surface area contributed by atoms with Crippen molar-refractivity contribution >= 4 is 21.7 Å². The number of aliphatic carboxylic acids is 1. The summed E-state index contributed by atoms with van der Waals surface area (Å²) in [6, 6.07) is 0. The van der Waals surface area contributed by atoms with Crippen LogP contribution >= 0.6 is 0 Å². The Bertz CT molecular complexity index is 528. The molecule has 0 spiro atoms. The Kier molecular flexibility index (Phi) is 4.00. The second kappa shape index (κ2) is 4.97. The molecule has 0 aliphatic carbocycles. The van der Waals surface area contributed by atoms with Gasteiger partial charge in [0.2, 0.25) is 10.0 Å². The molecular formula is C10H17N3O4S. The molecule has 1 aromatic heterocycles. The highest BCUT2D eigenvalue weighted by atomic mass is 32.2. The quantitative estimate of drug-likeness (QED) is 0.826. The lowest BCUT2D eigenvalue weighted by Crippen LogP contribution is -2.26. The summed E-state index contributed by atoms with van der Waals surface area (Å²) in [4.78, 5) is 10.5. The highest BCUT2D eigenvalue weighted by Gasteiger charge is 2.21. The summed E-state index contributed by atoms with van der Waals surface area (Å²) in [5.41, 5.74) is -0.0939. The third-order valence-electron chi connectivity index (χ3n) is 1.83. The fourth-order valence-electron chi connectivity index (χ4n) is 1.43. The van der Waals surface area contributed by atoms with E-state index < -0.39 is 16.0 Å². The second-order valence-electron chi connectivity index (χ2n) is 5.24. The number of carboxylic acid groups (broad SMARTS) is 1. The summed E-state index contributed by atoms with van der Waals surface area (Å²) in [5.74, 6) is -1.06. The van der Waals surface area contributed by atoms with Gasteiger partial charge in [0.25, 0.3) is 0 Å². The molecule has 18 heavy (non-hydrogen) atoms. The topological polar surface area (TPSA) is 101 Å². The van der Waals surface area contributed by atoms with Crippen molar-refractivity contribution in [1.82, 2.24) is 9.78 Å². The maximum absolute atomic E-state index is 11.8. The van der Waals surface area contributed by atoms with Crippen LogP contribution in [0.25, 0.3) is 0 Å². The summed E-state index contributed by atoms with van der Waals surface area (Å²) in [7, 11) is -3.46. The van der Waals surface area contributed by atoms with E-state index in [0.29, 0.717) is 0 Å². The molecule has 1 aromatic rings. The van der Waals surface area contributed by atoms with Crippen molar-refractivity contribution in [1.29, 1.82) is 0 Å². The third-order valence-corrected chi connectivity index (χ3v) is 3.62. The Balaban J connectivity index is 2.73. The van der Waals surface area contributed by atoms with Gasteiger partial charge in [0.1, 0.15) is 6.54 Å². The Morgan fingerprint density at radius 2 is 2.11 bits per heavy atom. The van der Waals surface area contributed by atoms with Crippen LogP contribution in [-0.4, -0.2) is 35.0 Å². The van der Waals surface area contributed by atoms with Crippen LogP contribution in [0.2, 0.25) is 0 Å². The van der Waals surface area contributed by atoms with Gasteiger partial charge in [-0.1, -0.05) is 20.8 Å². The molecule has 1 rings (SSSR count). The molecule has 0 amide bonds. The van der Waals surface area contributed by atoms with Gasteiger partial charge in [-0.3, -0.25) is 14.2 Å². The molecule has 0 atom stereocenters. The molecular weight excluding hydrogens is 258 g/mol. The van der Waals surface area contributed by atoms with Crippen LogP contribution in [-0.2, 0) is 21.4 Å². The van der Waals surface area contributed by atoms with E-state index in [9.17, 15) is 13.2 Å². The largest absolute Gasteiger partial charge is 0.480 e. The van der Waals surface area contributed by atoms with Gasteiger partial charge >= 0.3 is 5.97 Å². The molecule has 2 N–H and O–H groups in total. The van der Waals surface area contributed by atoms with E-state index in [2.05, 4.69) is 9.82 Å². The third kappa shape index (κ3) is 5.17. The Morgan fingerprint density at radius 3 is 2.61 bits per heavy atom. The lowest BCUT2D eigenvalue weighted by molar-refractivity contribution is -0.137. The molecule has 0 radical (unpaired) electrons. The van der Waals surface area contributed by atoms with E-state index in [-0.39, 0.29) is 23.4 Å². The fraction of sp³-hybridized carbons (Fsp3) is 0.600. The standard InChI is InChI=1S/C10H17N3O4S/c1-10(2,3)7-18(16,17)12-8-4-11-13(5-8)6-9(14)15/h4-5,12H,6-7H2,1-3H3,(H,14,15). The van der Waals surface area contributed by atoms with Crippen molar-refractivity contribution in [2.45, 2.75) is 27.3 Å². The first-order valence-corrected chi connectivity index (χ1v) is 6.97. The molecule has 0 saturated heterocycles. The highest BCUT2D eigenvalue weighted by molar-refractivity contribution is 7.92. The van der Waals surface area contributed by atoms with Gasteiger partial charge in [-0.2, -0.15) is 5.10 Å². The molecule has 1 heterocycles. The SMILES string of the molecule is CC(C)(C)CS(=O)(=O)Nc1cnn(CC(=O)O)c1. The van der Waals surface area contributed by atoms with Crippen LogP contribution in [0.1, 0.15) is 20.8 Å². The molecule has 0 aromatic carbocycles. The monoisotopic (exact) mass is 275 g/mol. The van der Waals surface area contributed by atoms with E-state index in [1.165, 1.54) is 12.4 Å². The number of hydrogen-bond acceptors (Lipinski definition) is 4. The van der Waals surface area contributed by atoms with E-state index in [4.69, 9.17) is 5.11 Å². The first kappa shape index (κ1) is 14.5. The van der Waals surface area contributed by atoms with Crippen molar-refractivity contribution in [3.8, 4) is 0 Å². The maximum atomic E-state index is 11.8. The van der Waals surface area contributed by atoms with E-state index in [0.717, 1.165) is 4.68 Å². The summed E-state index contributed by atoms with van der Waals surface area (Å²) in [5, 5.41) is 12.3. The molecule has 0 bridgehead atoms. The predicted molar refractivity (Wildman–Crippen MR) is 66.7 cm³/mol. The van der Waals surface area contributed by atoms with Gasteiger partial charge in [0.05, 0.1) is 17.6 Å². The number of carboxylic acids is 1. The summed E-state index contributed by atoms with van der Waals surface area (Å²) in [6.45, 7) is 5.15. The molecule has 0 fully saturated rings. The fourth-order valence-corrected chi connectivity index (χ4v) is 3.10. The Labute approximate surface area is 106 Å². The molecule has 0 saturated carbocycles. The zero-order valence-corrected chi connectivity index (χ0v) is 11.4. The van der Waals surface area contributed by atoms with E-state index in [1.807, 2.05) is 20.8 Å². The van der Waals surface area contributed by atoms with Crippen molar-refractivity contribution in [2.75, 3.05) is 10.5 Å². The summed E-state index contributed by atoms with van der Waals surface area (Å²) < 4.78 is 27.1. The Hall–Kier alpha value is -1.57. The van der Waals surface area contributed by atoms with Crippen molar-refractivity contribution in [3.05, 3.63) is 12.4 Å². The number of aromatic nitrogens is 2. The minimum absolute atomic E-state index is 0.0237. The van der Waals surface area contributed by atoms with E-state index >= 15 is 0 Å². The number of nitrogens with one attached hydrogen (secondary N) is 1. The van der Waals surface area contributed by atoms with Gasteiger partial charge in [-0.05, 0) is 5.41 Å². The van der Waals surface area contributed by atoms with E-state index in [1.54, 1.807) is 0 Å². The lowest BCUT2D eigenvalue weighted by atomic mass is 10.0. The minimum Gasteiger partial charge on any atom is -0.480 e. The molecule has 0 aliphatic heterocycles. The molecule has 0 unspecified atom stereocenters. The first-order chi connectivity index (χ1) is 8.07. The first-order valence-electron chi connectivity index (χ1n) is 5.32. The summed E-state index contributed by atoms with van der Waals surface area (Å²) >= 11 is 0. The van der Waals surface area contributed by atoms with Crippen LogP contribution < -0.4 is 4.72 Å². The van der Waals surface area contributed by atoms with Crippen molar-refractivity contribution in [3.63, 3.8) is 0 Å². The van der Waals surface area contributed by atoms with Crippen molar-refractivity contribution < 1.29 is 18.3 Å². The second-order valence-corrected chi connectivity index (χ2v) is 6.96. The van der Waals surface area contributed by atoms with Crippen LogP contribution in [0.5, 0.6) is 0 Å². The number of carbonyl (C=O) groups is 1. The minimum atomic E-state index is -3.46. The zero-order valence-electron chi connectivity index (χ0n) is 10.5. The van der Waals surface area contributed by atoms with Crippen LogP contribution in [0.15, 0.2) is 12.4 Å². The van der Waals surface area contributed by atoms with Crippen LogP contribution in [0, 0.1) is 5.41 Å². The van der Waals surface area contributed by atoms with Gasteiger partial charge in [-0.15, -0.1) is 0 Å². The van der Waals surface area contributed by atoms with Crippen LogP contribution in [0.3, 0.4) is 0 Å². The number of nitrogens with zero attached hydrogens (tertiary/aromatic N) is 2. The number of rotatable bonds is 5. The number of anilines is 1. The Morgan fingerprint density at radius 1 is 1.50 bits per heavy atom. The lowest BCUT2D eigenvalue weighted by Gasteiger charge is -2.18. The smallest absolute Gasteiger partial charge is 0.325 e. The molecule has 7 nitrogen and oxygen atoms in total. The predicted octanol–water partition coefficient (Wildman–Crippen LogP) is 0.755. The van der Waals surface area contributed by atoms with Gasteiger partial charge < -0.3 is 5.11 Å².